The Morgan fingerprint density at radius 1 is 1.42 bits per heavy atom. The summed E-state index contributed by atoms with van der Waals surface area (Å²) in [6.45, 7) is 5.19. The Kier molecular flexibility index (Phi) is 4.75. The predicted octanol–water partition coefficient (Wildman–Crippen LogP) is 3.18. The lowest BCUT2D eigenvalue weighted by Gasteiger charge is -2.35. The average Bonchev–Trinajstić information content (AvgIpc) is 2.40. The van der Waals surface area contributed by atoms with E-state index in [4.69, 9.17) is 18.0 Å². The van der Waals surface area contributed by atoms with E-state index >= 15 is 0 Å². The second-order valence-corrected chi connectivity index (χ2v) is 5.71. The number of pyridine rings is 1. The minimum Gasteiger partial charge on any atom is -0.389 e. The predicted molar refractivity (Wildman–Crippen MR) is 84.8 cm³/mol. The molecule has 1 aliphatic rings. The first-order valence-electron chi connectivity index (χ1n) is 7.17. The van der Waals surface area contributed by atoms with Crippen molar-refractivity contribution in [2.45, 2.75) is 52.0 Å². The molecule has 1 aliphatic carbocycles. The molecule has 1 heterocycles. The first-order valence-corrected chi connectivity index (χ1v) is 7.58. The number of hydrogen-bond acceptors (Lipinski definition) is 3. The Morgan fingerprint density at radius 3 is 2.68 bits per heavy atom. The van der Waals surface area contributed by atoms with Crippen LogP contribution in [-0.4, -0.2) is 22.6 Å². The molecule has 19 heavy (non-hydrogen) atoms. The summed E-state index contributed by atoms with van der Waals surface area (Å²) < 4.78 is 0. The second kappa shape index (κ2) is 6.33. The standard InChI is InChI=1S/C15H23N3S/c1-3-18(12-7-5-4-6-8-12)15-13(14(16)19)11(2)9-10-17-15/h9-10,12H,3-8H2,1-2H3,(H2,16,19). The van der Waals surface area contributed by atoms with Crippen molar-refractivity contribution < 1.29 is 0 Å². The highest BCUT2D eigenvalue weighted by atomic mass is 32.1. The van der Waals surface area contributed by atoms with Crippen molar-refractivity contribution in [2.24, 2.45) is 5.73 Å². The van der Waals surface area contributed by atoms with Crippen LogP contribution in [0.3, 0.4) is 0 Å². The van der Waals surface area contributed by atoms with Crippen LogP contribution in [0.25, 0.3) is 0 Å². The summed E-state index contributed by atoms with van der Waals surface area (Å²) in [5.41, 5.74) is 7.97. The quantitative estimate of drug-likeness (QED) is 0.858. The van der Waals surface area contributed by atoms with E-state index in [9.17, 15) is 0 Å². The van der Waals surface area contributed by atoms with Crippen LogP contribution in [0.1, 0.15) is 50.2 Å². The summed E-state index contributed by atoms with van der Waals surface area (Å²) in [4.78, 5) is 7.41. The lowest BCUT2D eigenvalue weighted by Crippen LogP contribution is -2.38. The molecule has 0 aliphatic heterocycles. The maximum absolute atomic E-state index is 5.90. The van der Waals surface area contributed by atoms with Crippen LogP contribution in [0.15, 0.2) is 12.3 Å². The number of aryl methyl sites for hydroxylation is 1. The van der Waals surface area contributed by atoms with Gasteiger partial charge in [0.05, 0.1) is 5.56 Å². The number of aromatic nitrogens is 1. The fourth-order valence-electron chi connectivity index (χ4n) is 3.04. The van der Waals surface area contributed by atoms with Crippen LogP contribution in [0.5, 0.6) is 0 Å². The molecule has 2 rings (SSSR count). The number of rotatable bonds is 4. The lowest BCUT2D eigenvalue weighted by atomic mass is 9.93. The van der Waals surface area contributed by atoms with Crippen molar-refractivity contribution in [3.63, 3.8) is 0 Å². The maximum atomic E-state index is 5.90. The summed E-state index contributed by atoms with van der Waals surface area (Å²) in [5.74, 6) is 0.974. The minimum atomic E-state index is 0.454. The van der Waals surface area contributed by atoms with E-state index in [-0.39, 0.29) is 0 Å². The van der Waals surface area contributed by atoms with E-state index in [1.807, 2.05) is 19.2 Å². The number of thiocarbonyl (C=S) groups is 1. The molecular formula is C15H23N3S. The molecule has 3 nitrogen and oxygen atoms in total. The van der Waals surface area contributed by atoms with E-state index in [0.29, 0.717) is 11.0 Å². The van der Waals surface area contributed by atoms with Crippen LogP contribution >= 0.6 is 12.2 Å². The summed E-state index contributed by atoms with van der Waals surface area (Å²) in [5, 5.41) is 0. The van der Waals surface area contributed by atoms with Gasteiger partial charge in [-0.1, -0.05) is 31.5 Å². The molecule has 4 heteroatoms. The van der Waals surface area contributed by atoms with Crippen molar-refractivity contribution in [3.8, 4) is 0 Å². The maximum Gasteiger partial charge on any atom is 0.139 e. The van der Waals surface area contributed by atoms with Gasteiger partial charge in [-0.3, -0.25) is 0 Å². The second-order valence-electron chi connectivity index (χ2n) is 5.27. The number of nitrogens with two attached hydrogens (primary N) is 1. The zero-order chi connectivity index (χ0) is 13.8. The first-order chi connectivity index (χ1) is 9.15. The Hall–Kier alpha value is -1.16. The van der Waals surface area contributed by atoms with Gasteiger partial charge in [-0.2, -0.15) is 0 Å². The summed E-state index contributed by atoms with van der Waals surface area (Å²) >= 11 is 5.22. The van der Waals surface area contributed by atoms with Crippen molar-refractivity contribution >= 4 is 23.0 Å². The molecule has 0 spiro atoms. The number of nitrogens with zero attached hydrogens (tertiary/aromatic N) is 2. The van der Waals surface area contributed by atoms with Gasteiger partial charge in [-0.15, -0.1) is 0 Å². The van der Waals surface area contributed by atoms with Crippen LogP contribution in [0, 0.1) is 6.92 Å². The smallest absolute Gasteiger partial charge is 0.139 e. The molecule has 1 aromatic rings. The molecule has 0 unspecified atom stereocenters. The Morgan fingerprint density at radius 2 is 2.11 bits per heavy atom. The lowest BCUT2D eigenvalue weighted by molar-refractivity contribution is 0.416. The van der Waals surface area contributed by atoms with E-state index < -0.39 is 0 Å². The molecule has 0 aromatic carbocycles. The van der Waals surface area contributed by atoms with Crippen molar-refractivity contribution in [1.82, 2.24) is 4.98 Å². The molecule has 0 atom stereocenters. The highest BCUT2D eigenvalue weighted by Crippen LogP contribution is 2.29. The van der Waals surface area contributed by atoms with Gasteiger partial charge in [-0.25, -0.2) is 4.98 Å². The molecule has 104 valence electrons. The molecule has 0 bridgehead atoms. The van der Waals surface area contributed by atoms with Crippen LogP contribution in [-0.2, 0) is 0 Å². The van der Waals surface area contributed by atoms with Crippen LogP contribution in [0.2, 0.25) is 0 Å². The van der Waals surface area contributed by atoms with Gasteiger partial charge in [0, 0.05) is 18.8 Å². The molecule has 1 fully saturated rings. The van der Waals surface area contributed by atoms with E-state index in [2.05, 4.69) is 16.8 Å². The third kappa shape index (κ3) is 3.06. The van der Waals surface area contributed by atoms with Gasteiger partial charge in [0.1, 0.15) is 10.8 Å². The van der Waals surface area contributed by atoms with Crippen molar-refractivity contribution in [2.75, 3.05) is 11.4 Å². The first kappa shape index (κ1) is 14.3. The zero-order valence-corrected chi connectivity index (χ0v) is 12.7. The molecule has 0 amide bonds. The number of hydrogen-bond donors (Lipinski definition) is 1. The minimum absolute atomic E-state index is 0.454. The Bertz CT molecular complexity index is 453. The zero-order valence-electron chi connectivity index (χ0n) is 11.9. The van der Waals surface area contributed by atoms with Gasteiger partial charge >= 0.3 is 0 Å². The van der Waals surface area contributed by atoms with Gasteiger partial charge in [-0.05, 0) is 38.3 Å². The summed E-state index contributed by atoms with van der Waals surface area (Å²) in [7, 11) is 0. The van der Waals surface area contributed by atoms with Crippen LogP contribution < -0.4 is 10.6 Å². The van der Waals surface area contributed by atoms with E-state index in [0.717, 1.165) is 23.5 Å². The van der Waals surface area contributed by atoms with Gasteiger partial charge in [0.2, 0.25) is 0 Å². The normalized spacial score (nSPS) is 16.3. The van der Waals surface area contributed by atoms with Gasteiger partial charge < -0.3 is 10.6 Å². The largest absolute Gasteiger partial charge is 0.389 e. The molecular weight excluding hydrogens is 254 g/mol. The highest BCUT2D eigenvalue weighted by molar-refractivity contribution is 7.80. The third-order valence-corrected chi connectivity index (χ3v) is 4.22. The Balaban J connectivity index is 2.37. The van der Waals surface area contributed by atoms with Crippen molar-refractivity contribution in [3.05, 3.63) is 23.4 Å². The van der Waals surface area contributed by atoms with Crippen molar-refractivity contribution in [1.29, 1.82) is 0 Å². The average molecular weight is 277 g/mol. The SMILES string of the molecule is CCN(c1nccc(C)c1C(N)=S)C1CCCCC1. The molecule has 2 N–H and O–H groups in total. The summed E-state index contributed by atoms with van der Waals surface area (Å²) in [6.07, 6.45) is 8.35. The molecule has 1 saturated carbocycles. The molecule has 0 saturated heterocycles. The number of anilines is 1. The fourth-order valence-corrected chi connectivity index (χ4v) is 3.29. The summed E-state index contributed by atoms with van der Waals surface area (Å²) in [6, 6.07) is 2.56. The fraction of sp³-hybridized carbons (Fsp3) is 0.600. The molecule has 0 radical (unpaired) electrons. The highest BCUT2D eigenvalue weighted by Gasteiger charge is 2.24. The topological polar surface area (TPSA) is 42.2 Å². The Labute approximate surface area is 121 Å². The van der Waals surface area contributed by atoms with Crippen LogP contribution in [0.4, 0.5) is 5.82 Å². The van der Waals surface area contributed by atoms with Gasteiger partial charge in [0.15, 0.2) is 0 Å². The van der Waals surface area contributed by atoms with E-state index in [1.54, 1.807) is 0 Å². The third-order valence-electron chi connectivity index (χ3n) is 4.01. The van der Waals surface area contributed by atoms with Gasteiger partial charge in [0.25, 0.3) is 0 Å². The monoisotopic (exact) mass is 277 g/mol. The molecule has 1 aromatic heterocycles. The van der Waals surface area contributed by atoms with E-state index in [1.165, 1.54) is 32.1 Å².